The monoisotopic (exact) mass is 381 g/mol. The number of amides is 3. The van der Waals surface area contributed by atoms with E-state index in [9.17, 15) is 23.1 Å². The minimum Gasteiger partial charge on any atom is -0.390 e. The average Bonchev–Trinajstić information content (AvgIpc) is 2.88. The standard InChI is InChI=1S/C17H23N3O5S/c1-3-18(4-2)26(24,25)13-9-7-12(8-10-13)20-16(22)15-14(21)6-5-11-19(15)17(20)23/h7-10,14-15,21H,3-6,11H2,1-2H3/t14-,15-/m0/s1. The number of benzene rings is 1. The molecule has 1 N–H and O–H groups in total. The highest BCUT2D eigenvalue weighted by atomic mass is 32.2. The molecule has 0 spiro atoms. The van der Waals surface area contributed by atoms with Gasteiger partial charge in [0.25, 0.3) is 5.91 Å². The smallest absolute Gasteiger partial charge is 0.332 e. The number of urea groups is 1. The topological polar surface area (TPSA) is 98.2 Å². The van der Waals surface area contributed by atoms with Crippen LogP contribution in [0.2, 0.25) is 0 Å². The molecule has 0 radical (unpaired) electrons. The van der Waals surface area contributed by atoms with Crippen LogP contribution in [0, 0.1) is 0 Å². The fraction of sp³-hybridized carbons (Fsp3) is 0.529. The summed E-state index contributed by atoms with van der Waals surface area (Å²) in [6.07, 6.45) is 0.258. The summed E-state index contributed by atoms with van der Waals surface area (Å²) in [6.45, 7) is 4.67. The second-order valence-electron chi connectivity index (χ2n) is 6.39. The second kappa shape index (κ2) is 6.98. The molecule has 1 aromatic carbocycles. The van der Waals surface area contributed by atoms with E-state index in [1.165, 1.54) is 33.5 Å². The van der Waals surface area contributed by atoms with Crippen molar-refractivity contribution in [1.29, 1.82) is 0 Å². The molecule has 0 aliphatic carbocycles. The molecule has 142 valence electrons. The zero-order valence-corrected chi connectivity index (χ0v) is 15.6. The van der Waals surface area contributed by atoms with E-state index in [0.29, 0.717) is 38.2 Å². The zero-order chi connectivity index (χ0) is 19.1. The van der Waals surface area contributed by atoms with Crippen LogP contribution in [0.25, 0.3) is 0 Å². The van der Waals surface area contributed by atoms with Gasteiger partial charge in [0.15, 0.2) is 0 Å². The number of hydrogen-bond acceptors (Lipinski definition) is 5. The van der Waals surface area contributed by atoms with Crippen LogP contribution in [0.15, 0.2) is 29.2 Å². The Kier molecular flexibility index (Phi) is 5.05. The van der Waals surface area contributed by atoms with Crippen LogP contribution >= 0.6 is 0 Å². The third-order valence-corrected chi connectivity index (χ3v) is 7.01. The lowest BCUT2D eigenvalue weighted by Gasteiger charge is -2.30. The normalized spacial score (nSPS) is 23.7. The molecule has 2 saturated heterocycles. The minimum atomic E-state index is -3.60. The van der Waals surface area contributed by atoms with Gasteiger partial charge in [-0.3, -0.25) is 4.79 Å². The van der Waals surface area contributed by atoms with Gasteiger partial charge in [0.1, 0.15) is 6.04 Å². The maximum absolute atomic E-state index is 12.6. The van der Waals surface area contributed by atoms with Gasteiger partial charge in [-0.2, -0.15) is 4.31 Å². The number of aliphatic hydroxyl groups excluding tert-OH is 1. The molecule has 2 aliphatic heterocycles. The van der Waals surface area contributed by atoms with Crippen LogP contribution in [0.4, 0.5) is 10.5 Å². The molecule has 0 aromatic heterocycles. The van der Waals surface area contributed by atoms with Crippen LogP contribution < -0.4 is 4.90 Å². The Morgan fingerprint density at radius 1 is 1.15 bits per heavy atom. The van der Waals surface area contributed by atoms with Crippen LogP contribution in [-0.2, 0) is 14.8 Å². The van der Waals surface area contributed by atoms with Gasteiger partial charge in [-0.1, -0.05) is 13.8 Å². The van der Waals surface area contributed by atoms with Crippen molar-refractivity contribution >= 4 is 27.6 Å². The van der Waals surface area contributed by atoms with Crippen molar-refractivity contribution in [1.82, 2.24) is 9.21 Å². The predicted octanol–water partition coefficient (Wildman–Crippen LogP) is 1.01. The summed E-state index contributed by atoms with van der Waals surface area (Å²) in [5.74, 6) is -0.471. The van der Waals surface area contributed by atoms with Gasteiger partial charge in [-0.05, 0) is 37.1 Å². The number of carbonyl (C=O) groups is 2. The van der Waals surface area contributed by atoms with Crippen molar-refractivity contribution in [2.75, 3.05) is 24.5 Å². The van der Waals surface area contributed by atoms with Gasteiger partial charge in [0.2, 0.25) is 10.0 Å². The average molecular weight is 381 g/mol. The number of piperidine rings is 1. The molecular formula is C17H23N3O5S. The molecule has 2 fully saturated rings. The maximum atomic E-state index is 12.6. The molecule has 1 aromatic rings. The third kappa shape index (κ3) is 2.89. The highest BCUT2D eigenvalue weighted by molar-refractivity contribution is 7.89. The molecule has 2 heterocycles. The van der Waals surface area contributed by atoms with E-state index in [-0.39, 0.29) is 4.90 Å². The highest BCUT2D eigenvalue weighted by Crippen LogP contribution is 2.31. The molecule has 26 heavy (non-hydrogen) atoms. The van der Waals surface area contributed by atoms with Crippen molar-refractivity contribution in [3.05, 3.63) is 24.3 Å². The number of carbonyl (C=O) groups excluding carboxylic acids is 2. The van der Waals surface area contributed by atoms with Crippen LogP contribution in [0.3, 0.4) is 0 Å². The summed E-state index contributed by atoms with van der Waals surface area (Å²) < 4.78 is 26.4. The first kappa shape index (κ1) is 18.8. The van der Waals surface area contributed by atoms with Gasteiger partial charge in [0.05, 0.1) is 16.7 Å². The molecule has 8 nitrogen and oxygen atoms in total. The summed E-state index contributed by atoms with van der Waals surface area (Å²) in [7, 11) is -3.60. The Morgan fingerprint density at radius 3 is 2.31 bits per heavy atom. The third-order valence-electron chi connectivity index (χ3n) is 4.95. The highest BCUT2D eigenvalue weighted by Gasteiger charge is 2.50. The Balaban J connectivity index is 1.90. The van der Waals surface area contributed by atoms with Crippen molar-refractivity contribution in [3.8, 4) is 0 Å². The molecule has 3 rings (SSSR count). The van der Waals surface area contributed by atoms with E-state index in [1.807, 2.05) is 0 Å². The lowest BCUT2D eigenvalue weighted by Crippen LogP contribution is -2.48. The lowest BCUT2D eigenvalue weighted by molar-refractivity contribution is -0.124. The SMILES string of the molecule is CCN(CC)S(=O)(=O)c1ccc(N2C(=O)[C@@H]3[C@@H](O)CCCN3C2=O)cc1. The fourth-order valence-corrected chi connectivity index (χ4v) is 5.02. The van der Waals surface area contributed by atoms with E-state index < -0.39 is 34.1 Å². The number of aliphatic hydroxyl groups is 1. The second-order valence-corrected chi connectivity index (χ2v) is 8.33. The van der Waals surface area contributed by atoms with Gasteiger partial charge >= 0.3 is 6.03 Å². The molecule has 0 unspecified atom stereocenters. The van der Waals surface area contributed by atoms with Gasteiger partial charge in [0, 0.05) is 19.6 Å². The van der Waals surface area contributed by atoms with E-state index in [2.05, 4.69) is 0 Å². The Hall–Kier alpha value is -1.97. The van der Waals surface area contributed by atoms with Crippen molar-refractivity contribution in [3.63, 3.8) is 0 Å². The molecule has 2 atom stereocenters. The summed E-state index contributed by atoms with van der Waals surface area (Å²) >= 11 is 0. The van der Waals surface area contributed by atoms with Crippen molar-refractivity contribution in [2.45, 2.75) is 43.7 Å². The molecule has 0 saturated carbocycles. The first-order chi connectivity index (χ1) is 12.3. The number of hydrogen-bond donors (Lipinski definition) is 1. The van der Waals surface area contributed by atoms with Crippen molar-refractivity contribution < 1.29 is 23.1 Å². The van der Waals surface area contributed by atoms with E-state index >= 15 is 0 Å². The number of anilines is 1. The minimum absolute atomic E-state index is 0.113. The van der Waals surface area contributed by atoms with Crippen LogP contribution in [0.1, 0.15) is 26.7 Å². The fourth-order valence-electron chi connectivity index (χ4n) is 3.56. The van der Waals surface area contributed by atoms with Gasteiger partial charge in [-0.25, -0.2) is 18.1 Å². The molecule has 9 heteroatoms. The van der Waals surface area contributed by atoms with E-state index in [0.717, 1.165) is 4.90 Å². The molecular weight excluding hydrogens is 358 g/mol. The Labute approximate surface area is 153 Å². The largest absolute Gasteiger partial charge is 0.390 e. The lowest BCUT2D eigenvalue weighted by atomic mass is 10.00. The zero-order valence-electron chi connectivity index (χ0n) is 14.8. The van der Waals surface area contributed by atoms with Gasteiger partial charge in [-0.15, -0.1) is 0 Å². The van der Waals surface area contributed by atoms with Crippen molar-refractivity contribution in [2.24, 2.45) is 0 Å². The number of fused-ring (bicyclic) bond motifs is 1. The predicted molar refractivity (Wildman–Crippen MR) is 95.2 cm³/mol. The molecule has 3 amide bonds. The first-order valence-electron chi connectivity index (χ1n) is 8.75. The number of nitrogens with zero attached hydrogens (tertiary/aromatic N) is 3. The first-order valence-corrected chi connectivity index (χ1v) is 10.2. The number of imide groups is 1. The Bertz CT molecular complexity index is 804. The molecule has 0 bridgehead atoms. The maximum Gasteiger partial charge on any atom is 0.332 e. The van der Waals surface area contributed by atoms with Gasteiger partial charge < -0.3 is 10.0 Å². The van der Waals surface area contributed by atoms with Crippen LogP contribution in [-0.4, -0.2) is 66.4 Å². The number of rotatable bonds is 5. The summed E-state index contributed by atoms with van der Waals surface area (Å²) in [4.78, 5) is 27.7. The number of sulfonamides is 1. The summed E-state index contributed by atoms with van der Waals surface area (Å²) in [5, 5.41) is 10.1. The van der Waals surface area contributed by atoms with E-state index in [1.54, 1.807) is 13.8 Å². The quantitative estimate of drug-likeness (QED) is 0.768. The molecule has 2 aliphatic rings. The van der Waals surface area contributed by atoms with E-state index in [4.69, 9.17) is 0 Å². The van der Waals surface area contributed by atoms with Crippen LogP contribution in [0.5, 0.6) is 0 Å². The summed E-state index contributed by atoms with van der Waals surface area (Å²) in [6, 6.07) is 4.39. The summed E-state index contributed by atoms with van der Waals surface area (Å²) in [5.41, 5.74) is 0.306. The Morgan fingerprint density at radius 2 is 1.77 bits per heavy atom.